The zero-order valence-electron chi connectivity index (χ0n) is 10.9. The largest absolute Gasteiger partial charge is 0.494 e. The summed E-state index contributed by atoms with van der Waals surface area (Å²) in [6.07, 6.45) is 0.951. The van der Waals surface area contributed by atoms with E-state index in [4.69, 9.17) is 15.3 Å². The van der Waals surface area contributed by atoms with Crippen LogP contribution in [0, 0.1) is 0 Å². The summed E-state index contributed by atoms with van der Waals surface area (Å²) in [4.78, 5) is 11.4. The van der Waals surface area contributed by atoms with Gasteiger partial charge in [0, 0.05) is 17.7 Å². The van der Waals surface area contributed by atoms with Crippen LogP contribution >= 0.6 is 0 Å². The molecule has 1 amide bonds. The van der Waals surface area contributed by atoms with Gasteiger partial charge in [-0.25, -0.2) is 5.84 Å². The fourth-order valence-electron chi connectivity index (χ4n) is 1.54. The number of nitrogens with two attached hydrogens (primary N) is 1. The van der Waals surface area contributed by atoms with Crippen molar-refractivity contribution in [2.75, 3.05) is 13.2 Å². The van der Waals surface area contributed by atoms with E-state index in [9.17, 15) is 4.79 Å². The predicted molar refractivity (Wildman–Crippen MR) is 69.2 cm³/mol. The van der Waals surface area contributed by atoms with E-state index in [1.165, 1.54) is 0 Å². The minimum absolute atomic E-state index is 0.324. The van der Waals surface area contributed by atoms with Crippen molar-refractivity contribution in [3.05, 3.63) is 29.3 Å². The van der Waals surface area contributed by atoms with E-state index >= 15 is 0 Å². The zero-order chi connectivity index (χ0) is 13.4. The number of carbonyl (C=O) groups is 1. The molecule has 0 saturated heterocycles. The van der Waals surface area contributed by atoms with Crippen LogP contribution in [0.4, 0.5) is 0 Å². The summed E-state index contributed by atoms with van der Waals surface area (Å²) < 4.78 is 11.0. The van der Waals surface area contributed by atoms with Gasteiger partial charge in [0.2, 0.25) is 0 Å². The molecule has 0 unspecified atom stereocenters. The highest BCUT2D eigenvalue weighted by atomic mass is 16.5. The van der Waals surface area contributed by atoms with Gasteiger partial charge in [0.25, 0.3) is 5.91 Å². The molecule has 100 valence electrons. The Morgan fingerprint density at radius 1 is 1.39 bits per heavy atom. The highest BCUT2D eigenvalue weighted by Gasteiger charge is 2.09. The molecular formula is C13H20N2O3. The van der Waals surface area contributed by atoms with E-state index in [1.54, 1.807) is 18.2 Å². The molecule has 1 aromatic rings. The van der Waals surface area contributed by atoms with Crippen LogP contribution in [-0.2, 0) is 11.3 Å². The number of hydrazine groups is 1. The Bertz CT molecular complexity index is 394. The molecule has 0 atom stereocenters. The number of rotatable bonds is 7. The Hall–Kier alpha value is -1.59. The lowest BCUT2D eigenvalue weighted by Crippen LogP contribution is -2.30. The lowest BCUT2D eigenvalue weighted by atomic mass is 10.1. The van der Waals surface area contributed by atoms with Crippen molar-refractivity contribution in [1.29, 1.82) is 0 Å². The average molecular weight is 252 g/mol. The number of hydrogen-bond acceptors (Lipinski definition) is 4. The lowest BCUT2D eigenvalue weighted by Gasteiger charge is -2.12. The third kappa shape index (κ3) is 4.01. The van der Waals surface area contributed by atoms with E-state index in [-0.39, 0.29) is 5.91 Å². The van der Waals surface area contributed by atoms with E-state index < -0.39 is 0 Å². The molecule has 0 bridgehead atoms. The van der Waals surface area contributed by atoms with Crippen molar-refractivity contribution in [2.45, 2.75) is 26.9 Å². The van der Waals surface area contributed by atoms with Gasteiger partial charge < -0.3 is 9.47 Å². The molecule has 0 aliphatic carbocycles. The molecule has 0 aliphatic rings. The van der Waals surface area contributed by atoms with E-state index in [1.807, 2.05) is 13.8 Å². The maximum Gasteiger partial charge on any atom is 0.265 e. The number of nitrogens with one attached hydrogen (secondary N) is 1. The van der Waals surface area contributed by atoms with Gasteiger partial charge in [0.05, 0.1) is 13.2 Å². The van der Waals surface area contributed by atoms with E-state index in [0.29, 0.717) is 25.4 Å². The Balaban J connectivity index is 2.88. The summed E-state index contributed by atoms with van der Waals surface area (Å²) in [6.45, 7) is 5.63. The molecule has 0 radical (unpaired) electrons. The van der Waals surface area contributed by atoms with Gasteiger partial charge in [-0.05, 0) is 31.5 Å². The van der Waals surface area contributed by atoms with Crippen LogP contribution in [0.2, 0.25) is 0 Å². The molecule has 5 heteroatoms. The average Bonchev–Trinajstić information content (AvgIpc) is 2.40. The summed E-state index contributed by atoms with van der Waals surface area (Å²) in [5, 5.41) is 0. The van der Waals surface area contributed by atoms with E-state index in [0.717, 1.165) is 17.7 Å². The first-order valence-electron chi connectivity index (χ1n) is 6.07. The molecule has 1 rings (SSSR count). The number of benzene rings is 1. The zero-order valence-corrected chi connectivity index (χ0v) is 10.9. The van der Waals surface area contributed by atoms with Gasteiger partial charge >= 0.3 is 0 Å². The van der Waals surface area contributed by atoms with Gasteiger partial charge in [0.1, 0.15) is 5.75 Å². The van der Waals surface area contributed by atoms with Crippen LogP contribution in [-0.4, -0.2) is 19.1 Å². The molecule has 0 aromatic heterocycles. The SMILES string of the molecule is CCCOCc1cc(C(=O)NN)ccc1OCC. The van der Waals surface area contributed by atoms with Gasteiger partial charge in [-0.2, -0.15) is 0 Å². The van der Waals surface area contributed by atoms with Gasteiger partial charge in [0.15, 0.2) is 0 Å². The topological polar surface area (TPSA) is 73.6 Å². The third-order valence-electron chi connectivity index (χ3n) is 2.36. The molecule has 0 fully saturated rings. The Labute approximate surface area is 107 Å². The lowest BCUT2D eigenvalue weighted by molar-refractivity contribution is 0.0952. The van der Waals surface area contributed by atoms with Gasteiger partial charge in [-0.3, -0.25) is 10.2 Å². The first-order chi connectivity index (χ1) is 8.72. The third-order valence-corrected chi connectivity index (χ3v) is 2.36. The molecule has 0 spiro atoms. The quantitative estimate of drug-likeness (QED) is 0.335. The number of carbonyl (C=O) groups excluding carboxylic acids is 1. The van der Waals surface area contributed by atoms with E-state index in [2.05, 4.69) is 5.43 Å². The molecular weight excluding hydrogens is 232 g/mol. The van der Waals surface area contributed by atoms with Crippen LogP contribution in [0.5, 0.6) is 5.75 Å². The maximum atomic E-state index is 11.4. The summed E-state index contributed by atoms with van der Waals surface area (Å²) in [5.41, 5.74) is 3.46. The Morgan fingerprint density at radius 2 is 2.17 bits per heavy atom. The van der Waals surface area contributed by atoms with Gasteiger partial charge in [-0.15, -0.1) is 0 Å². The molecule has 1 aromatic carbocycles. The van der Waals surface area contributed by atoms with Crippen molar-refractivity contribution in [3.63, 3.8) is 0 Å². The second-order valence-electron chi connectivity index (χ2n) is 3.78. The molecule has 18 heavy (non-hydrogen) atoms. The summed E-state index contributed by atoms with van der Waals surface area (Å²) >= 11 is 0. The summed E-state index contributed by atoms with van der Waals surface area (Å²) in [5.74, 6) is 5.52. The highest BCUT2D eigenvalue weighted by Crippen LogP contribution is 2.21. The Kier molecular flexibility index (Phi) is 6.18. The second-order valence-corrected chi connectivity index (χ2v) is 3.78. The molecule has 0 heterocycles. The van der Waals surface area contributed by atoms with Crippen molar-refractivity contribution in [2.24, 2.45) is 5.84 Å². The maximum absolute atomic E-state index is 11.4. The standard InChI is InChI=1S/C13H20N2O3/c1-3-7-17-9-11-8-10(13(16)15-14)5-6-12(11)18-4-2/h5-6,8H,3-4,7,9,14H2,1-2H3,(H,15,16). The first kappa shape index (κ1) is 14.5. The molecule has 0 aliphatic heterocycles. The predicted octanol–water partition coefficient (Wildman–Crippen LogP) is 1.62. The van der Waals surface area contributed by atoms with Crippen LogP contribution in [0.1, 0.15) is 36.2 Å². The van der Waals surface area contributed by atoms with Crippen molar-refractivity contribution < 1.29 is 14.3 Å². The number of nitrogen functional groups attached to an aromatic ring is 1. The Morgan fingerprint density at radius 3 is 2.78 bits per heavy atom. The van der Waals surface area contributed by atoms with Gasteiger partial charge in [-0.1, -0.05) is 6.92 Å². The monoisotopic (exact) mass is 252 g/mol. The molecule has 3 N–H and O–H groups in total. The van der Waals surface area contributed by atoms with Crippen molar-refractivity contribution in [3.8, 4) is 5.75 Å². The smallest absolute Gasteiger partial charge is 0.265 e. The highest BCUT2D eigenvalue weighted by molar-refractivity contribution is 5.94. The fourth-order valence-corrected chi connectivity index (χ4v) is 1.54. The molecule has 0 saturated carbocycles. The minimum Gasteiger partial charge on any atom is -0.494 e. The van der Waals surface area contributed by atoms with Crippen LogP contribution < -0.4 is 16.0 Å². The van der Waals surface area contributed by atoms with Crippen LogP contribution in [0.15, 0.2) is 18.2 Å². The second kappa shape index (κ2) is 7.68. The van der Waals surface area contributed by atoms with Crippen LogP contribution in [0.3, 0.4) is 0 Å². The first-order valence-corrected chi connectivity index (χ1v) is 6.07. The minimum atomic E-state index is -0.324. The van der Waals surface area contributed by atoms with Crippen LogP contribution in [0.25, 0.3) is 0 Å². The number of amides is 1. The number of hydrogen-bond donors (Lipinski definition) is 2. The molecule has 5 nitrogen and oxygen atoms in total. The van der Waals surface area contributed by atoms with Crippen molar-refractivity contribution >= 4 is 5.91 Å². The normalized spacial score (nSPS) is 10.2. The number of ether oxygens (including phenoxy) is 2. The fraction of sp³-hybridized carbons (Fsp3) is 0.462. The summed E-state index contributed by atoms with van der Waals surface area (Å²) in [6, 6.07) is 5.18. The van der Waals surface area contributed by atoms with Crippen molar-refractivity contribution in [1.82, 2.24) is 5.43 Å². The summed E-state index contributed by atoms with van der Waals surface area (Å²) in [7, 11) is 0.